The molecule has 0 aliphatic carbocycles. The Labute approximate surface area is 168 Å². The fourth-order valence-electron chi connectivity index (χ4n) is 3.48. The van der Waals surface area contributed by atoms with Gasteiger partial charge in [0.1, 0.15) is 5.54 Å². The molecule has 0 saturated carbocycles. The fourth-order valence-corrected chi connectivity index (χ4v) is 3.77. The van der Waals surface area contributed by atoms with Gasteiger partial charge >= 0.3 is 6.03 Å². The molecule has 0 spiro atoms. The highest BCUT2D eigenvalue weighted by Gasteiger charge is 2.48. The van der Waals surface area contributed by atoms with Crippen LogP contribution < -0.4 is 14.8 Å². The number of fused-ring (bicyclic) bond motifs is 1. The number of aryl methyl sites for hydroxylation is 1. The van der Waals surface area contributed by atoms with E-state index in [4.69, 9.17) is 21.1 Å². The minimum Gasteiger partial charge on any atom is -0.489 e. The molecule has 1 atom stereocenters. The average Bonchev–Trinajstić information content (AvgIpc) is 2.84. The summed E-state index contributed by atoms with van der Waals surface area (Å²) in [7, 11) is 0. The van der Waals surface area contributed by atoms with Gasteiger partial charge in [0.25, 0.3) is 5.91 Å². The second-order valence-electron chi connectivity index (χ2n) is 7.27. The first-order valence-electron chi connectivity index (χ1n) is 9.18. The molecule has 1 saturated heterocycles. The van der Waals surface area contributed by atoms with Crippen molar-refractivity contribution in [2.45, 2.75) is 32.4 Å². The predicted octanol–water partition coefficient (Wildman–Crippen LogP) is 3.78. The van der Waals surface area contributed by atoms with Gasteiger partial charge in [0, 0.05) is 6.42 Å². The number of benzene rings is 2. The van der Waals surface area contributed by atoms with Gasteiger partial charge in [0.15, 0.2) is 11.5 Å². The van der Waals surface area contributed by atoms with Crippen LogP contribution in [-0.4, -0.2) is 30.1 Å². The van der Waals surface area contributed by atoms with E-state index in [1.54, 1.807) is 19.1 Å². The molecule has 0 radical (unpaired) electrons. The first-order valence-corrected chi connectivity index (χ1v) is 9.55. The van der Waals surface area contributed by atoms with Crippen LogP contribution in [0, 0.1) is 6.92 Å². The van der Waals surface area contributed by atoms with Crippen LogP contribution in [0.3, 0.4) is 0 Å². The lowest BCUT2D eigenvalue weighted by Gasteiger charge is -2.22. The van der Waals surface area contributed by atoms with Crippen molar-refractivity contribution in [1.29, 1.82) is 0 Å². The van der Waals surface area contributed by atoms with E-state index in [1.807, 2.05) is 31.2 Å². The number of carbonyl (C=O) groups excluding carboxylic acids is 2. The third kappa shape index (κ3) is 3.18. The minimum absolute atomic E-state index is 0.0997. The molecule has 1 fully saturated rings. The van der Waals surface area contributed by atoms with Gasteiger partial charge in [-0.25, -0.2) is 4.79 Å². The number of carbonyl (C=O) groups is 2. The van der Waals surface area contributed by atoms with E-state index >= 15 is 0 Å². The van der Waals surface area contributed by atoms with Crippen LogP contribution in [0.5, 0.6) is 11.5 Å². The molecule has 7 heteroatoms. The summed E-state index contributed by atoms with van der Waals surface area (Å²) in [6.45, 7) is 4.86. The predicted molar refractivity (Wildman–Crippen MR) is 105 cm³/mol. The standard InChI is InChI=1S/C21H21ClN2O4/c1-13-4-6-15(7-5-13)21(2)19(25)24(20(26)23-21)12-14-10-16(22)18-17(11-14)27-8-3-9-28-18/h4-7,10-11H,3,8-9,12H2,1-2H3,(H,23,26)/t21-/m1/s1. The maximum Gasteiger partial charge on any atom is 0.325 e. The lowest BCUT2D eigenvalue weighted by Crippen LogP contribution is -2.40. The van der Waals surface area contributed by atoms with Crippen LogP contribution in [-0.2, 0) is 16.9 Å². The zero-order valence-electron chi connectivity index (χ0n) is 15.8. The van der Waals surface area contributed by atoms with E-state index in [2.05, 4.69) is 5.32 Å². The first-order chi connectivity index (χ1) is 13.4. The lowest BCUT2D eigenvalue weighted by atomic mass is 9.91. The SMILES string of the molecule is Cc1ccc([C@@]2(C)NC(=O)N(Cc3cc(Cl)c4c(c3)OCCCO4)C2=O)cc1. The highest BCUT2D eigenvalue weighted by Crippen LogP contribution is 2.39. The summed E-state index contributed by atoms with van der Waals surface area (Å²) in [5.74, 6) is 0.738. The van der Waals surface area contributed by atoms with Gasteiger partial charge in [-0.1, -0.05) is 41.4 Å². The van der Waals surface area contributed by atoms with Crippen molar-refractivity contribution in [2.24, 2.45) is 0 Å². The number of urea groups is 1. The van der Waals surface area contributed by atoms with Gasteiger partial charge in [-0.05, 0) is 37.1 Å². The first kappa shape index (κ1) is 18.6. The maximum atomic E-state index is 13.1. The second-order valence-corrected chi connectivity index (χ2v) is 7.68. The summed E-state index contributed by atoms with van der Waals surface area (Å²) < 4.78 is 11.3. The van der Waals surface area contributed by atoms with Crippen molar-refractivity contribution in [3.8, 4) is 11.5 Å². The van der Waals surface area contributed by atoms with Crippen molar-refractivity contribution in [3.05, 3.63) is 58.1 Å². The molecule has 2 aromatic carbocycles. The Hall–Kier alpha value is -2.73. The largest absolute Gasteiger partial charge is 0.489 e. The second kappa shape index (κ2) is 7.02. The Balaban J connectivity index is 1.61. The number of nitrogens with one attached hydrogen (secondary N) is 1. The Morgan fingerprint density at radius 3 is 2.61 bits per heavy atom. The van der Waals surface area contributed by atoms with E-state index in [9.17, 15) is 9.59 Å². The summed E-state index contributed by atoms with van der Waals surface area (Å²) in [6, 6.07) is 10.6. The molecule has 28 heavy (non-hydrogen) atoms. The molecule has 2 aliphatic rings. The van der Waals surface area contributed by atoms with Crippen LogP contribution in [0.1, 0.15) is 30.0 Å². The quantitative estimate of drug-likeness (QED) is 0.796. The molecule has 2 aromatic rings. The van der Waals surface area contributed by atoms with E-state index in [1.165, 1.54) is 4.90 Å². The summed E-state index contributed by atoms with van der Waals surface area (Å²) in [6.07, 6.45) is 0.766. The van der Waals surface area contributed by atoms with Crippen LogP contribution in [0.2, 0.25) is 5.02 Å². The Kier molecular flexibility index (Phi) is 4.67. The number of nitrogens with zero attached hydrogens (tertiary/aromatic N) is 1. The number of halogens is 1. The average molecular weight is 401 g/mol. The third-order valence-corrected chi connectivity index (χ3v) is 5.39. The van der Waals surface area contributed by atoms with Crippen LogP contribution in [0.25, 0.3) is 0 Å². The maximum absolute atomic E-state index is 13.1. The fraction of sp³-hybridized carbons (Fsp3) is 0.333. The molecule has 1 N–H and O–H groups in total. The van der Waals surface area contributed by atoms with E-state index in [0.717, 1.165) is 17.5 Å². The normalized spacial score (nSPS) is 21.5. The Bertz CT molecular complexity index is 944. The highest BCUT2D eigenvalue weighted by atomic mass is 35.5. The molecular formula is C21H21ClN2O4. The van der Waals surface area contributed by atoms with Crippen molar-refractivity contribution >= 4 is 23.5 Å². The number of ether oxygens (including phenoxy) is 2. The van der Waals surface area contributed by atoms with Gasteiger partial charge < -0.3 is 14.8 Å². The molecule has 6 nitrogen and oxygen atoms in total. The molecular weight excluding hydrogens is 380 g/mol. The molecule has 2 aliphatic heterocycles. The van der Waals surface area contributed by atoms with Crippen LogP contribution in [0.4, 0.5) is 4.79 Å². The van der Waals surface area contributed by atoms with E-state index in [-0.39, 0.29) is 12.5 Å². The topological polar surface area (TPSA) is 67.9 Å². The Morgan fingerprint density at radius 1 is 1.14 bits per heavy atom. The van der Waals surface area contributed by atoms with Crippen molar-refractivity contribution < 1.29 is 19.1 Å². The number of imide groups is 1. The summed E-state index contributed by atoms with van der Waals surface area (Å²) in [5, 5.41) is 3.23. The van der Waals surface area contributed by atoms with Crippen LogP contribution >= 0.6 is 11.6 Å². The van der Waals surface area contributed by atoms with Gasteiger partial charge in [-0.2, -0.15) is 0 Å². The molecule has 3 amide bonds. The molecule has 146 valence electrons. The smallest absolute Gasteiger partial charge is 0.325 e. The molecule has 2 heterocycles. The van der Waals surface area contributed by atoms with Gasteiger partial charge in [0.05, 0.1) is 24.8 Å². The van der Waals surface area contributed by atoms with E-state index in [0.29, 0.717) is 35.3 Å². The number of hydrogen-bond donors (Lipinski definition) is 1. The number of rotatable bonds is 3. The summed E-state index contributed by atoms with van der Waals surface area (Å²) in [4.78, 5) is 26.9. The zero-order valence-corrected chi connectivity index (χ0v) is 16.5. The van der Waals surface area contributed by atoms with Crippen molar-refractivity contribution in [1.82, 2.24) is 10.2 Å². The molecule has 0 unspecified atom stereocenters. The monoisotopic (exact) mass is 400 g/mol. The minimum atomic E-state index is -1.10. The summed E-state index contributed by atoms with van der Waals surface area (Å²) in [5.41, 5.74) is 1.43. The zero-order chi connectivity index (χ0) is 19.9. The number of hydrogen-bond acceptors (Lipinski definition) is 4. The molecule has 4 rings (SSSR count). The van der Waals surface area contributed by atoms with Gasteiger partial charge in [0.2, 0.25) is 0 Å². The molecule has 0 aromatic heterocycles. The van der Waals surface area contributed by atoms with Crippen molar-refractivity contribution in [2.75, 3.05) is 13.2 Å². The van der Waals surface area contributed by atoms with Crippen molar-refractivity contribution in [3.63, 3.8) is 0 Å². The lowest BCUT2D eigenvalue weighted by molar-refractivity contribution is -0.131. The third-order valence-electron chi connectivity index (χ3n) is 5.11. The van der Waals surface area contributed by atoms with E-state index < -0.39 is 11.6 Å². The highest BCUT2D eigenvalue weighted by molar-refractivity contribution is 6.32. The molecule has 0 bridgehead atoms. The summed E-state index contributed by atoms with van der Waals surface area (Å²) >= 11 is 6.34. The van der Waals surface area contributed by atoms with Crippen LogP contribution in [0.15, 0.2) is 36.4 Å². The Morgan fingerprint density at radius 2 is 1.86 bits per heavy atom. The van der Waals surface area contributed by atoms with Gasteiger partial charge in [-0.15, -0.1) is 0 Å². The van der Waals surface area contributed by atoms with Gasteiger partial charge in [-0.3, -0.25) is 9.69 Å². The number of amides is 3.